The topological polar surface area (TPSA) is 39.2 Å². The van der Waals surface area contributed by atoms with Gasteiger partial charge in [0.1, 0.15) is 0 Å². The Kier molecular flexibility index (Phi) is 3.19. The number of rotatable bonds is 3. The minimum Gasteiger partial charge on any atom is -0.481 e. The van der Waals surface area contributed by atoms with Crippen molar-refractivity contribution in [2.24, 2.45) is 0 Å². The summed E-state index contributed by atoms with van der Waals surface area (Å²) in [6, 6.07) is 11.3. The van der Waals surface area contributed by atoms with Crippen molar-refractivity contribution in [3.63, 3.8) is 0 Å². The van der Waals surface area contributed by atoms with Gasteiger partial charge in [-0.05, 0) is 24.1 Å². The Morgan fingerprint density at radius 2 is 1.82 bits per heavy atom. The van der Waals surface area contributed by atoms with Gasteiger partial charge >= 0.3 is 0 Å². The Labute approximate surface area is 100 Å². The molecule has 1 aromatic carbocycles. The molecular formula is C14H13NO2. The molecule has 0 aliphatic heterocycles. The van der Waals surface area contributed by atoms with Crippen LogP contribution in [0.2, 0.25) is 0 Å². The van der Waals surface area contributed by atoms with E-state index in [1.54, 1.807) is 20.2 Å². The van der Waals surface area contributed by atoms with Crippen molar-refractivity contribution in [2.45, 2.75) is 6.92 Å². The fourth-order valence-corrected chi connectivity index (χ4v) is 1.60. The van der Waals surface area contributed by atoms with Crippen molar-refractivity contribution in [1.82, 2.24) is 4.98 Å². The number of carbonyl (C=O) groups excluding carboxylic acids is 1. The van der Waals surface area contributed by atoms with Gasteiger partial charge in [0.2, 0.25) is 5.88 Å². The zero-order valence-electron chi connectivity index (χ0n) is 9.81. The second-order valence-corrected chi connectivity index (χ2v) is 3.72. The van der Waals surface area contributed by atoms with Crippen LogP contribution in [0.3, 0.4) is 0 Å². The lowest BCUT2D eigenvalue weighted by molar-refractivity contribution is 0.101. The van der Waals surface area contributed by atoms with Gasteiger partial charge in [-0.3, -0.25) is 4.79 Å². The van der Waals surface area contributed by atoms with Gasteiger partial charge in [-0.15, -0.1) is 0 Å². The van der Waals surface area contributed by atoms with Crippen LogP contribution in [0.25, 0.3) is 11.1 Å². The molecule has 17 heavy (non-hydrogen) atoms. The number of Topliss-reactive ketones (excluding diaryl/α,β-unsaturated/α-hetero) is 1. The van der Waals surface area contributed by atoms with E-state index in [0.717, 1.165) is 16.7 Å². The number of carbonyl (C=O) groups is 1. The van der Waals surface area contributed by atoms with Gasteiger partial charge in [0, 0.05) is 17.8 Å². The second-order valence-electron chi connectivity index (χ2n) is 3.72. The zero-order valence-corrected chi connectivity index (χ0v) is 9.81. The van der Waals surface area contributed by atoms with Crippen LogP contribution in [0.1, 0.15) is 17.3 Å². The van der Waals surface area contributed by atoms with Gasteiger partial charge in [-0.2, -0.15) is 0 Å². The number of aromatic nitrogens is 1. The Balaban J connectivity index is 2.36. The lowest BCUT2D eigenvalue weighted by atomic mass is 10.0. The number of methoxy groups -OCH3 is 1. The molecule has 0 saturated carbocycles. The average molecular weight is 227 g/mol. The maximum absolute atomic E-state index is 11.2. The van der Waals surface area contributed by atoms with Crippen LogP contribution in [-0.4, -0.2) is 17.9 Å². The Morgan fingerprint density at radius 1 is 1.12 bits per heavy atom. The standard InChI is InChI=1S/C14H13NO2/c1-10(16)11-3-5-12(6-4-11)13-7-8-15-14(9-13)17-2/h3-9H,1-2H3. The van der Waals surface area contributed by atoms with Gasteiger partial charge in [0.15, 0.2) is 5.78 Å². The van der Waals surface area contributed by atoms with E-state index in [-0.39, 0.29) is 5.78 Å². The Hall–Kier alpha value is -2.16. The zero-order chi connectivity index (χ0) is 12.3. The SMILES string of the molecule is COc1cc(-c2ccc(C(C)=O)cc2)ccn1. The second kappa shape index (κ2) is 4.78. The van der Waals surface area contributed by atoms with E-state index >= 15 is 0 Å². The highest BCUT2D eigenvalue weighted by Crippen LogP contribution is 2.22. The summed E-state index contributed by atoms with van der Waals surface area (Å²) < 4.78 is 5.07. The highest BCUT2D eigenvalue weighted by atomic mass is 16.5. The number of benzene rings is 1. The molecule has 0 unspecified atom stereocenters. The van der Waals surface area contributed by atoms with Gasteiger partial charge < -0.3 is 4.74 Å². The average Bonchev–Trinajstić information content (AvgIpc) is 2.39. The first-order valence-electron chi connectivity index (χ1n) is 5.32. The van der Waals surface area contributed by atoms with Crippen LogP contribution in [0.15, 0.2) is 42.6 Å². The molecule has 2 aromatic rings. The number of ether oxygens (including phenoxy) is 1. The number of pyridine rings is 1. The van der Waals surface area contributed by atoms with E-state index in [2.05, 4.69) is 4.98 Å². The van der Waals surface area contributed by atoms with Crippen molar-refractivity contribution in [2.75, 3.05) is 7.11 Å². The lowest BCUT2D eigenvalue weighted by Crippen LogP contribution is -1.91. The largest absolute Gasteiger partial charge is 0.481 e. The van der Waals surface area contributed by atoms with Crippen LogP contribution >= 0.6 is 0 Å². The van der Waals surface area contributed by atoms with Gasteiger partial charge in [0.25, 0.3) is 0 Å². The molecule has 0 fully saturated rings. The fraction of sp³-hybridized carbons (Fsp3) is 0.143. The van der Waals surface area contributed by atoms with Crippen molar-refractivity contribution >= 4 is 5.78 Å². The third kappa shape index (κ3) is 2.50. The van der Waals surface area contributed by atoms with Crippen molar-refractivity contribution in [3.8, 4) is 17.0 Å². The maximum atomic E-state index is 11.2. The highest BCUT2D eigenvalue weighted by Gasteiger charge is 2.02. The summed E-state index contributed by atoms with van der Waals surface area (Å²) in [5.74, 6) is 0.655. The van der Waals surface area contributed by atoms with Crippen LogP contribution in [0.5, 0.6) is 5.88 Å². The van der Waals surface area contributed by atoms with Gasteiger partial charge in [0.05, 0.1) is 7.11 Å². The van der Waals surface area contributed by atoms with E-state index in [0.29, 0.717) is 5.88 Å². The molecule has 2 rings (SSSR count). The number of hydrogen-bond donors (Lipinski definition) is 0. The molecule has 0 N–H and O–H groups in total. The number of ketones is 1. The molecule has 0 aliphatic rings. The molecule has 0 atom stereocenters. The number of nitrogens with zero attached hydrogens (tertiary/aromatic N) is 1. The van der Waals surface area contributed by atoms with Crippen LogP contribution in [0.4, 0.5) is 0 Å². The monoisotopic (exact) mass is 227 g/mol. The molecule has 0 aliphatic carbocycles. The Morgan fingerprint density at radius 3 is 2.41 bits per heavy atom. The summed E-state index contributed by atoms with van der Waals surface area (Å²) in [5.41, 5.74) is 2.78. The summed E-state index contributed by atoms with van der Waals surface area (Å²) in [7, 11) is 1.59. The predicted octanol–water partition coefficient (Wildman–Crippen LogP) is 2.96. The normalized spacial score (nSPS) is 10.0. The Bertz CT molecular complexity index is 532. The highest BCUT2D eigenvalue weighted by molar-refractivity contribution is 5.94. The van der Waals surface area contributed by atoms with E-state index in [4.69, 9.17) is 4.74 Å². The van der Waals surface area contributed by atoms with Crippen molar-refractivity contribution in [1.29, 1.82) is 0 Å². The third-order valence-electron chi connectivity index (χ3n) is 2.57. The molecule has 0 radical (unpaired) electrons. The van der Waals surface area contributed by atoms with Crippen LogP contribution in [0, 0.1) is 0 Å². The first kappa shape index (κ1) is 11.3. The summed E-state index contributed by atoms with van der Waals surface area (Å²) in [4.78, 5) is 15.2. The molecule has 1 heterocycles. The number of hydrogen-bond acceptors (Lipinski definition) is 3. The predicted molar refractivity (Wildman–Crippen MR) is 66.2 cm³/mol. The third-order valence-corrected chi connectivity index (χ3v) is 2.57. The molecule has 3 nitrogen and oxygen atoms in total. The first-order chi connectivity index (χ1) is 8.20. The molecule has 0 bridgehead atoms. The smallest absolute Gasteiger partial charge is 0.213 e. The quantitative estimate of drug-likeness (QED) is 0.757. The van der Waals surface area contributed by atoms with E-state index in [1.807, 2.05) is 36.4 Å². The molecular weight excluding hydrogens is 214 g/mol. The first-order valence-corrected chi connectivity index (χ1v) is 5.32. The van der Waals surface area contributed by atoms with Crippen LogP contribution < -0.4 is 4.74 Å². The molecule has 3 heteroatoms. The molecule has 0 amide bonds. The maximum Gasteiger partial charge on any atom is 0.213 e. The summed E-state index contributed by atoms with van der Waals surface area (Å²) >= 11 is 0. The van der Waals surface area contributed by atoms with Crippen LogP contribution in [-0.2, 0) is 0 Å². The molecule has 0 saturated heterocycles. The lowest BCUT2D eigenvalue weighted by Gasteiger charge is -2.04. The summed E-state index contributed by atoms with van der Waals surface area (Å²) in [6.45, 7) is 1.56. The van der Waals surface area contributed by atoms with E-state index < -0.39 is 0 Å². The molecule has 0 spiro atoms. The van der Waals surface area contributed by atoms with E-state index in [1.165, 1.54) is 0 Å². The van der Waals surface area contributed by atoms with E-state index in [9.17, 15) is 4.79 Å². The minimum atomic E-state index is 0.0730. The van der Waals surface area contributed by atoms with Crippen molar-refractivity contribution in [3.05, 3.63) is 48.2 Å². The molecule has 1 aromatic heterocycles. The molecule has 86 valence electrons. The fourth-order valence-electron chi connectivity index (χ4n) is 1.60. The van der Waals surface area contributed by atoms with Crippen molar-refractivity contribution < 1.29 is 9.53 Å². The van der Waals surface area contributed by atoms with Gasteiger partial charge in [-0.25, -0.2) is 4.98 Å². The summed E-state index contributed by atoms with van der Waals surface area (Å²) in [5, 5.41) is 0. The summed E-state index contributed by atoms with van der Waals surface area (Å²) in [6.07, 6.45) is 1.70. The van der Waals surface area contributed by atoms with Gasteiger partial charge in [-0.1, -0.05) is 24.3 Å². The minimum absolute atomic E-state index is 0.0730.